The molecule has 3 nitrogen and oxygen atoms in total. The van der Waals surface area contributed by atoms with Gasteiger partial charge in [0.2, 0.25) is 0 Å². The van der Waals surface area contributed by atoms with Gasteiger partial charge in [-0.25, -0.2) is 0 Å². The van der Waals surface area contributed by atoms with Gasteiger partial charge in [-0.3, -0.25) is 4.79 Å². The van der Waals surface area contributed by atoms with Crippen molar-refractivity contribution in [1.82, 2.24) is 5.32 Å². The summed E-state index contributed by atoms with van der Waals surface area (Å²) in [7, 11) is 0. The average Bonchev–Trinajstić information content (AvgIpc) is 2.73. The SMILES string of the molecule is NCCNC(=O)c1cccc2c1CCC2. The summed E-state index contributed by atoms with van der Waals surface area (Å²) in [6.45, 7) is 1.03. The van der Waals surface area contributed by atoms with Crippen LogP contribution in [0, 0.1) is 0 Å². The highest BCUT2D eigenvalue weighted by molar-refractivity contribution is 5.96. The van der Waals surface area contributed by atoms with Crippen LogP contribution in [0.15, 0.2) is 18.2 Å². The maximum absolute atomic E-state index is 11.8. The molecule has 2 rings (SSSR count). The van der Waals surface area contributed by atoms with Crippen molar-refractivity contribution in [1.29, 1.82) is 0 Å². The Bertz CT molecular complexity index is 374. The zero-order valence-corrected chi connectivity index (χ0v) is 8.75. The van der Waals surface area contributed by atoms with Crippen molar-refractivity contribution in [2.24, 2.45) is 5.73 Å². The molecule has 0 saturated heterocycles. The number of carbonyl (C=O) groups is 1. The number of aryl methyl sites for hydroxylation is 1. The minimum atomic E-state index is 0.0131. The third-order valence-electron chi connectivity index (χ3n) is 2.82. The first-order valence-electron chi connectivity index (χ1n) is 5.42. The monoisotopic (exact) mass is 204 g/mol. The molecular formula is C12H16N2O. The summed E-state index contributed by atoms with van der Waals surface area (Å²) in [5, 5.41) is 2.81. The van der Waals surface area contributed by atoms with Crippen LogP contribution < -0.4 is 11.1 Å². The highest BCUT2D eigenvalue weighted by Crippen LogP contribution is 2.24. The lowest BCUT2D eigenvalue weighted by Crippen LogP contribution is -2.29. The van der Waals surface area contributed by atoms with Crippen LogP contribution in [0.25, 0.3) is 0 Å². The zero-order valence-electron chi connectivity index (χ0n) is 8.75. The van der Waals surface area contributed by atoms with E-state index in [4.69, 9.17) is 5.73 Å². The summed E-state index contributed by atoms with van der Waals surface area (Å²) in [4.78, 5) is 11.8. The number of hydrogen-bond acceptors (Lipinski definition) is 2. The number of carbonyl (C=O) groups excluding carboxylic acids is 1. The van der Waals surface area contributed by atoms with Gasteiger partial charge in [-0.15, -0.1) is 0 Å². The molecule has 0 aliphatic heterocycles. The Morgan fingerprint density at radius 1 is 1.40 bits per heavy atom. The molecular weight excluding hydrogens is 188 g/mol. The summed E-state index contributed by atoms with van der Waals surface area (Å²) >= 11 is 0. The second-order valence-corrected chi connectivity index (χ2v) is 3.84. The van der Waals surface area contributed by atoms with Gasteiger partial charge >= 0.3 is 0 Å². The molecule has 1 aliphatic carbocycles. The van der Waals surface area contributed by atoms with E-state index in [0.717, 1.165) is 24.8 Å². The molecule has 15 heavy (non-hydrogen) atoms. The van der Waals surface area contributed by atoms with Crippen LogP contribution in [0.3, 0.4) is 0 Å². The molecule has 0 saturated carbocycles. The lowest BCUT2D eigenvalue weighted by Gasteiger charge is -2.08. The normalized spacial score (nSPS) is 13.7. The van der Waals surface area contributed by atoms with Crippen molar-refractivity contribution >= 4 is 5.91 Å². The first kappa shape index (κ1) is 10.2. The molecule has 0 spiro atoms. The largest absolute Gasteiger partial charge is 0.351 e. The molecule has 0 unspecified atom stereocenters. The summed E-state index contributed by atoms with van der Waals surface area (Å²) < 4.78 is 0. The van der Waals surface area contributed by atoms with Crippen molar-refractivity contribution in [2.75, 3.05) is 13.1 Å². The van der Waals surface area contributed by atoms with Gasteiger partial charge in [0, 0.05) is 18.7 Å². The maximum atomic E-state index is 11.8. The van der Waals surface area contributed by atoms with Crippen molar-refractivity contribution in [3.63, 3.8) is 0 Å². The van der Waals surface area contributed by atoms with Gasteiger partial charge in [0.25, 0.3) is 5.91 Å². The van der Waals surface area contributed by atoms with Crippen LogP contribution in [0.5, 0.6) is 0 Å². The third-order valence-corrected chi connectivity index (χ3v) is 2.82. The van der Waals surface area contributed by atoms with Gasteiger partial charge < -0.3 is 11.1 Å². The van der Waals surface area contributed by atoms with E-state index in [1.54, 1.807) is 0 Å². The Hall–Kier alpha value is -1.35. The lowest BCUT2D eigenvalue weighted by atomic mass is 10.0. The van der Waals surface area contributed by atoms with Crippen LogP contribution in [-0.2, 0) is 12.8 Å². The minimum Gasteiger partial charge on any atom is -0.351 e. The molecule has 0 aromatic heterocycles. The number of benzene rings is 1. The summed E-state index contributed by atoms with van der Waals surface area (Å²) in [6, 6.07) is 5.97. The molecule has 0 radical (unpaired) electrons. The van der Waals surface area contributed by atoms with Crippen molar-refractivity contribution < 1.29 is 4.79 Å². The van der Waals surface area contributed by atoms with Crippen LogP contribution in [0.4, 0.5) is 0 Å². The van der Waals surface area contributed by atoms with Gasteiger partial charge in [0.15, 0.2) is 0 Å². The van der Waals surface area contributed by atoms with Crippen LogP contribution in [0.2, 0.25) is 0 Å². The second-order valence-electron chi connectivity index (χ2n) is 3.84. The van der Waals surface area contributed by atoms with E-state index in [0.29, 0.717) is 13.1 Å². The molecule has 0 heterocycles. The molecule has 0 bridgehead atoms. The second kappa shape index (κ2) is 4.45. The molecule has 1 aromatic rings. The Balaban J connectivity index is 2.21. The number of fused-ring (bicyclic) bond motifs is 1. The van der Waals surface area contributed by atoms with Gasteiger partial charge in [0.05, 0.1) is 0 Å². The molecule has 1 amide bonds. The van der Waals surface area contributed by atoms with E-state index in [-0.39, 0.29) is 5.91 Å². The molecule has 80 valence electrons. The fourth-order valence-electron chi connectivity index (χ4n) is 2.11. The predicted octanol–water partition coefficient (Wildman–Crippen LogP) is 0.864. The summed E-state index contributed by atoms with van der Waals surface area (Å²) in [5.41, 5.74) is 8.74. The van der Waals surface area contributed by atoms with E-state index in [1.807, 2.05) is 12.1 Å². The Kier molecular flexibility index (Phi) is 3.02. The Morgan fingerprint density at radius 2 is 2.27 bits per heavy atom. The van der Waals surface area contributed by atoms with Crippen LogP contribution >= 0.6 is 0 Å². The highest BCUT2D eigenvalue weighted by Gasteiger charge is 2.17. The van der Waals surface area contributed by atoms with Crippen molar-refractivity contribution in [3.05, 3.63) is 34.9 Å². The van der Waals surface area contributed by atoms with E-state index in [1.165, 1.54) is 11.1 Å². The van der Waals surface area contributed by atoms with Gasteiger partial charge in [0.1, 0.15) is 0 Å². The van der Waals surface area contributed by atoms with E-state index in [2.05, 4.69) is 11.4 Å². The van der Waals surface area contributed by atoms with Crippen molar-refractivity contribution in [3.8, 4) is 0 Å². The number of amides is 1. The fraction of sp³-hybridized carbons (Fsp3) is 0.417. The first-order chi connectivity index (χ1) is 7.33. The van der Waals surface area contributed by atoms with Gasteiger partial charge in [-0.1, -0.05) is 12.1 Å². The van der Waals surface area contributed by atoms with Crippen LogP contribution in [-0.4, -0.2) is 19.0 Å². The number of hydrogen-bond donors (Lipinski definition) is 2. The van der Waals surface area contributed by atoms with Crippen LogP contribution in [0.1, 0.15) is 27.9 Å². The third kappa shape index (κ3) is 2.02. The summed E-state index contributed by atoms with van der Waals surface area (Å²) in [5.74, 6) is 0.0131. The minimum absolute atomic E-state index is 0.0131. The highest BCUT2D eigenvalue weighted by atomic mass is 16.1. The van der Waals surface area contributed by atoms with E-state index >= 15 is 0 Å². The molecule has 0 atom stereocenters. The topological polar surface area (TPSA) is 55.1 Å². The molecule has 3 N–H and O–H groups in total. The van der Waals surface area contributed by atoms with Gasteiger partial charge in [-0.05, 0) is 36.5 Å². The standard InChI is InChI=1S/C12H16N2O/c13-7-8-14-12(15)11-6-2-4-9-3-1-5-10(9)11/h2,4,6H,1,3,5,7-8,13H2,(H,14,15). The van der Waals surface area contributed by atoms with E-state index in [9.17, 15) is 4.79 Å². The van der Waals surface area contributed by atoms with Gasteiger partial charge in [-0.2, -0.15) is 0 Å². The molecule has 1 aliphatic rings. The number of nitrogens with one attached hydrogen (secondary N) is 1. The predicted molar refractivity (Wildman–Crippen MR) is 59.9 cm³/mol. The molecule has 0 fully saturated rings. The van der Waals surface area contributed by atoms with E-state index < -0.39 is 0 Å². The molecule has 3 heteroatoms. The average molecular weight is 204 g/mol. The molecule has 1 aromatic carbocycles. The number of rotatable bonds is 3. The van der Waals surface area contributed by atoms with Crippen molar-refractivity contribution in [2.45, 2.75) is 19.3 Å². The summed E-state index contributed by atoms with van der Waals surface area (Å²) in [6.07, 6.45) is 3.30. The smallest absolute Gasteiger partial charge is 0.251 e. The fourth-order valence-corrected chi connectivity index (χ4v) is 2.11. The lowest BCUT2D eigenvalue weighted by molar-refractivity contribution is 0.0954. The quantitative estimate of drug-likeness (QED) is 0.767. The number of nitrogens with two attached hydrogens (primary N) is 1. The zero-order chi connectivity index (χ0) is 10.7. The maximum Gasteiger partial charge on any atom is 0.251 e. The Morgan fingerprint density at radius 3 is 3.07 bits per heavy atom. The first-order valence-corrected chi connectivity index (χ1v) is 5.42. The Labute approximate surface area is 89.7 Å².